The summed E-state index contributed by atoms with van der Waals surface area (Å²) in [6.45, 7) is 1.20. The van der Waals surface area contributed by atoms with Gasteiger partial charge < -0.3 is 15.0 Å². The van der Waals surface area contributed by atoms with Gasteiger partial charge in [-0.1, -0.05) is 36.4 Å². The monoisotopic (exact) mass is 254 g/mol. The number of hydrogen-bond acceptors (Lipinski definition) is 2. The van der Waals surface area contributed by atoms with Crippen LogP contribution in [0, 0.1) is 0 Å². The number of likely N-dealkylation sites (N-methyl/N-ethyl adjacent to an activating group) is 1. The van der Waals surface area contributed by atoms with Crippen molar-refractivity contribution in [2.24, 2.45) is 0 Å². The van der Waals surface area contributed by atoms with E-state index in [2.05, 4.69) is 46.3 Å². The summed E-state index contributed by atoms with van der Waals surface area (Å²) in [6.07, 6.45) is -0.385. The molecule has 3 aromatic rings. The van der Waals surface area contributed by atoms with Gasteiger partial charge in [0, 0.05) is 28.4 Å². The maximum Gasteiger partial charge on any atom is 0.0843 e. The van der Waals surface area contributed by atoms with E-state index in [1.807, 2.05) is 19.2 Å². The van der Waals surface area contributed by atoms with E-state index in [0.717, 1.165) is 0 Å². The van der Waals surface area contributed by atoms with Gasteiger partial charge in [-0.25, -0.2) is 0 Å². The molecule has 19 heavy (non-hydrogen) atoms. The number of fused-ring (bicyclic) bond motifs is 3. The van der Waals surface area contributed by atoms with Gasteiger partial charge in [-0.3, -0.25) is 0 Å². The lowest BCUT2D eigenvalue weighted by atomic mass is 10.2. The fraction of sp³-hybridized carbons (Fsp3) is 0.250. The zero-order valence-corrected chi connectivity index (χ0v) is 11.0. The van der Waals surface area contributed by atoms with Crippen molar-refractivity contribution >= 4 is 21.8 Å². The smallest absolute Gasteiger partial charge is 0.0843 e. The molecule has 1 aromatic heterocycles. The SMILES string of the molecule is CNCC(O)Cn1c2ccccc2c2ccccc21. The second kappa shape index (κ2) is 5.03. The Kier molecular flexibility index (Phi) is 3.23. The molecule has 0 spiro atoms. The van der Waals surface area contributed by atoms with Gasteiger partial charge in [0.1, 0.15) is 0 Å². The molecule has 3 heteroatoms. The number of nitrogens with zero attached hydrogens (tertiary/aromatic N) is 1. The van der Waals surface area contributed by atoms with E-state index in [9.17, 15) is 5.11 Å². The topological polar surface area (TPSA) is 37.2 Å². The standard InChI is InChI=1S/C16H18N2O/c1-17-10-12(19)11-18-15-8-4-2-6-13(15)14-7-3-5-9-16(14)18/h2-9,12,17,19H,10-11H2,1H3. The highest BCUT2D eigenvalue weighted by Crippen LogP contribution is 2.28. The lowest BCUT2D eigenvalue weighted by molar-refractivity contribution is 0.157. The van der Waals surface area contributed by atoms with Crippen LogP contribution in [-0.4, -0.2) is 29.4 Å². The summed E-state index contributed by atoms with van der Waals surface area (Å²) >= 11 is 0. The predicted octanol–water partition coefficient (Wildman–Crippen LogP) is 2.37. The zero-order chi connectivity index (χ0) is 13.2. The molecular formula is C16H18N2O. The van der Waals surface area contributed by atoms with Crippen LogP contribution in [-0.2, 0) is 6.54 Å². The molecule has 0 aliphatic carbocycles. The molecule has 0 saturated carbocycles. The maximum absolute atomic E-state index is 10.1. The second-order valence-corrected chi connectivity index (χ2v) is 4.86. The quantitative estimate of drug-likeness (QED) is 0.750. The summed E-state index contributed by atoms with van der Waals surface area (Å²) in [6, 6.07) is 16.7. The Hall–Kier alpha value is -1.84. The molecule has 3 nitrogen and oxygen atoms in total. The third-order valence-corrected chi connectivity index (χ3v) is 3.51. The highest BCUT2D eigenvalue weighted by atomic mass is 16.3. The van der Waals surface area contributed by atoms with Gasteiger partial charge in [0.2, 0.25) is 0 Å². The summed E-state index contributed by atoms with van der Waals surface area (Å²) < 4.78 is 2.20. The molecule has 0 amide bonds. The minimum atomic E-state index is -0.385. The van der Waals surface area contributed by atoms with Crippen LogP contribution in [0.2, 0.25) is 0 Å². The molecule has 0 radical (unpaired) electrons. The van der Waals surface area contributed by atoms with Crippen molar-refractivity contribution in [3.05, 3.63) is 48.5 Å². The summed E-state index contributed by atoms with van der Waals surface area (Å²) in [5.74, 6) is 0. The third kappa shape index (κ3) is 2.11. The third-order valence-electron chi connectivity index (χ3n) is 3.51. The number of aliphatic hydroxyl groups excluding tert-OH is 1. The normalized spacial score (nSPS) is 13.2. The highest BCUT2D eigenvalue weighted by Gasteiger charge is 2.12. The van der Waals surface area contributed by atoms with E-state index >= 15 is 0 Å². The van der Waals surface area contributed by atoms with Gasteiger partial charge in [-0.05, 0) is 19.2 Å². The molecule has 0 bridgehead atoms. The fourth-order valence-corrected chi connectivity index (χ4v) is 2.71. The van der Waals surface area contributed by atoms with E-state index < -0.39 is 0 Å². The Balaban J connectivity index is 2.19. The maximum atomic E-state index is 10.1. The van der Waals surface area contributed by atoms with Gasteiger partial charge in [0.15, 0.2) is 0 Å². The van der Waals surface area contributed by atoms with Crippen LogP contribution >= 0.6 is 0 Å². The molecule has 0 saturated heterocycles. The van der Waals surface area contributed by atoms with Gasteiger partial charge in [0.05, 0.1) is 12.6 Å². The van der Waals surface area contributed by atoms with Crippen molar-refractivity contribution < 1.29 is 5.11 Å². The van der Waals surface area contributed by atoms with Crippen LogP contribution in [0.4, 0.5) is 0 Å². The molecule has 3 rings (SSSR count). The molecule has 98 valence electrons. The first kappa shape index (κ1) is 12.2. The molecule has 1 atom stereocenters. The van der Waals surface area contributed by atoms with Crippen molar-refractivity contribution in [1.82, 2.24) is 9.88 Å². The summed E-state index contributed by atoms with van der Waals surface area (Å²) in [5.41, 5.74) is 2.36. The van der Waals surface area contributed by atoms with Crippen LogP contribution < -0.4 is 5.32 Å². The summed E-state index contributed by atoms with van der Waals surface area (Å²) in [4.78, 5) is 0. The Labute approximate surface area is 112 Å². The van der Waals surface area contributed by atoms with Crippen LogP contribution in [0.3, 0.4) is 0 Å². The molecule has 1 heterocycles. The lowest BCUT2D eigenvalue weighted by Gasteiger charge is -2.13. The lowest BCUT2D eigenvalue weighted by Crippen LogP contribution is -2.27. The summed E-state index contributed by atoms with van der Waals surface area (Å²) in [7, 11) is 1.86. The number of benzene rings is 2. The average molecular weight is 254 g/mol. The van der Waals surface area contributed by atoms with E-state index in [4.69, 9.17) is 0 Å². The van der Waals surface area contributed by atoms with Crippen LogP contribution in [0.5, 0.6) is 0 Å². The van der Waals surface area contributed by atoms with Crippen LogP contribution in [0.15, 0.2) is 48.5 Å². The number of hydrogen-bond donors (Lipinski definition) is 2. The Morgan fingerprint density at radius 2 is 1.53 bits per heavy atom. The first-order valence-corrected chi connectivity index (χ1v) is 6.60. The predicted molar refractivity (Wildman–Crippen MR) is 79.4 cm³/mol. The highest BCUT2D eigenvalue weighted by molar-refractivity contribution is 6.07. The Bertz CT molecular complexity index is 649. The van der Waals surface area contributed by atoms with E-state index in [1.54, 1.807) is 0 Å². The molecular weight excluding hydrogens is 236 g/mol. The molecule has 2 N–H and O–H groups in total. The van der Waals surface area contributed by atoms with Gasteiger partial charge in [-0.15, -0.1) is 0 Å². The van der Waals surface area contributed by atoms with Crippen molar-refractivity contribution in [1.29, 1.82) is 0 Å². The Morgan fingerprint density at radius 3 is 2.05 bits per heavy atom. The van der Waals surface area contributed by atoms with E-state index in [1.165, 1.54) is 21.8 Å². The number of aliphatic hydroxyl groups is 1. The molecule has 0 aliphatic rings. The number of para-hydroxylation sites is 2. The van der Waals surface area contributed by atoms with Crippen LogP contribution in [0.1, 0.15) is 0 Å². The average Bonchev–Trinajstić information content (AvgIpc) is 2.75. The van der Waals surface area contributed by atoms with Crippen molar-refractivity contribution in [2.45, 2.75) is 12.6 Å². The molecule has 2 aromatic carbocycles. The Morgan fingerprint density at radius 1 is 1.00 bits per heavy atom. The van der Waals surface area contributed by atoms with Crippen molar-refractivity contribution in [3.63, 3.8) is 0 Å². The molecule has 0 aliphatic heterocycles. The fourth-order valence-electron chi connectivity index (χ4n) is 2.71. The first-order valence-electron chi connectivity index (χ1n) is 6.60. The minimum absolute atomic E-state index is 0.385. The van der Waals surface area contributed by atoms with Gasteiger partial charge in [-0.2, -0.15) is 0 Å². The van der Waals surface area contributed by atoms with Crippen molar-refractivity contribution in [3.8, 4) is 0 Å². The summed E-state index contributed by atoms with van der Waals surface area (Å²) in [5, 5.41) is 15.6. The molecule has 0 fully saturated rings. The van der Waals surface area contributed by atoms with Crippen molar-refractivity contribution in [2.75, 3.05) is 13.6 Å². The van der Waals surface area contributed by atoms with E-state index in [-0.39, 0.29) is 6.10 Å². The van der Waals surface area contributed by atoms with Gasteiger partial charge >= 0.3 is 0 Å². The van der Waals surface area contributed by atoms with Crippen LogP contribution in [0.25, 0.3) is 21.8 Å². The van der Waals surface area contributed by atoms with Gasteiger partial charge in [0.25, 0.3) is 0 Å². The molecule has 1 unspecified atom stereocenters. The zero-order valence-electron chi connectivity index (χ0n) is 11.0. The minimum Gasteiger partial charge on any atom is -0.390 e. The number of nitrogens with one attached hydrogen (secondary N) is 1. The second-order valence-electron chi connectivity index (χ2n) is 4.86. The number of aromatic nitrogens is 1. The largest absolute Gasteiger partial charge is 0.390 e. The van der Waals surface area contributed by atoms with E-state index in [0.29, 0.717) is 13.1 Å². The number of rotatable bonds is 4. The first-order chi connectivity index (χ1) is 9.31.